The van der Waals surface area contributed by atoms with Gasteiger partial charge in [-0.15, -0.1) is 10.1 Å². The second-order valence-corrected chi connectivity index (χ2v) is 12.9. The normalized spacial score (nSPS) is 44.1. The summed E-state index contributed by atoms with van der Waals surface area (Å²) >= 11 is 0. The Morgan fingerprint density at radius 2 is 1.29 bits per heavy atom. The number of hydrogen-bond donors (Lipinski definition) is 10. The molecule has 9 unspecified atom stereocenters. The van der Waals surface area contributed by atoms with Crippen molar-refractivity contribution in [3.8, 4) is 0 Å². The van der Waals surface area contributed by atoms with Gasteiger partial charge in [-0.2, -0.15) is 0 Å². The van der Waals surface area contributed by atoms with Crippen molar-refractivity contribution in [1.82, 2.24) is 0 Å². The monoisotopic (exact) mass is 2980 g/mol. The van der Waals surface area contributed by atoms with Gasteiger partial charge in [0, 0.05) is 458 Å². The number of aliphatic hydroxyl groups is 10. The molecule has 5 fully saturated rings. The van der Waals surface area contributed by atoms with Crippen LogP contribution >= 0.6 is 0 Å². The molecule has 4 heterocycles. The van der Waals surface area contributed by atoms with E-state index in [0.717, 1.165) is 0 Å². The van der Waals surface area contributed by atoms with Crippen LogP contribution in [0.25, 0.3) is 10.4 Å². The molecular formula is C26H42Ac10N4O19. The molecule has 0 aromatic rings. The van der Waals surface area contributed by atoms with Crippen LogP contribution in [0.2, 0.25) is 0 Å². The van der Waals surface area contributed by atoms with Gasteiger partial charge >= 0.3 is 0 Å². The van der Waals surface area contributed by atoms with Crippen LogP contribution in [0.4, 0.5) is 0 Å². The molecule has 1 aliphatic carbocycles. The summed E-state index contributed by atoms with van der Waals surface area (Å²) < 4.78 is 35.7. The maximum atomic E-state index is 11.2. The van der Waals surface area contributed by atoms with Crippen LogP contribution in [-0.4, -0.2) is 185 Å². The first-order chi connectivity index (χ1) is 23.1. The molecule has 310 valence electrons. The first kappa shape index (κ1) is 82.6. The zero-order chi connectivity index (χ0) is 36.1. The summed E-state index contributed by atoms with van der Waals surface area (Å²) in [4.78, 5) is 18.4. The summed E-state index contributed by atoms with van der Waals surface area (Å²) in [6.45, 7) is 1.03. The first-order valence-electron chi connectivity index (χ1n) is 15.6. The third-order valence-electron chi connectivity index (χ3n) is 10.1. The number of nitrogens with zero attached hydrogens (tertiary/aromatic N) is 4. The van der Waals surface area contributed by atoms with Crippen LogP contribution in [-0.2, 0) is 33.3 Å². The molecule has 5 aliphatic rings. The van der Waals surface area contributed by atoms with Gasteiger partial charge in [0.05, 0.1) is 55.8 Å². The van der Waals surface area contributed by atoms with Crippen molar-refractivity contribution in [3.63, 3.8) is 0 Å². The molecule has 0 aromatic heterocycles. The van der Waals surface area contributed by atoms with Crippen molar-refractivity contribution in [2.45, 2.75) is 136 Å². The summed E-state index contributed by atoms with van der Waals surface area (Å²) in [6.07, 6.45) is -28.2. The second kappa shape index (κ2) is 38.8. The van der Waals surface area contributed by atoms with Crippen molar-refractivity contribution >= 4 is 0 Å². The molecule has 10 radical (unpaired) electrons. The van der Waals surface area contributed by atoms with E-state index >= 15 is 0 Å². The maximum Gasteiger partial charge on any atom is 0.297 e. The van der Waals surface area contributed by atoms with E-state index in [4.69, 9.17) is 28.4 Å². The summed E-state index contributed by atoms with van der Waals surface area (Å²) in [5, 5.41) is 119. The van der Waals surface area contributed by atoms with Crippen molar-refractivity contribution in [2.24, 2.45) is 17.0 Å². The van der Waals surface area contributed by atoms with Gasteiger partial charge in [0.25, 0.3) is 5.09 Å². The number of fused-ring (bicyclic) bond motifs is 1. The largest absolute Gasteiger partial charge is 0.394 e. The number of azide groups is 1. The average Bonchev–Trinajstić information content (AvgIpc) is 3.05. The molecule has 0 bridgehead atoms. The Morgan fingerprint density at radius 1 is 0.746 bits per heavy atom. The minimum absolute atomic E-state index is 0. The fraction of sp³-hybridized carbons (Fsp3) is 1.00. The van der Waals surface area contributed by atoms with Crippen molar-refractivity contribution < 1.29 is 530 Å². The zero-order valence-corrected chi connectivity index (χ0v) is 79.3. The molecule has 1 saturated carbocycles. The van der Waals surface area contributed by atoms with Crippen LogP contribution in [0.3, 0.4) is 0 Å². The standard InChI is InChI=1S/C26H42N4O19.10Ac/c1-6-9(3-8(33)16(36)14(6)34)44-22-19(39)17(37)11(5-32)46-25(22)48-26(23-20(40)18(38)15(35)7(2)43-23)12-10(4-31)45-24(49-30(41)42)13(28-29-27)21(12)47-26;;;;;;;;;;/h6-25,31-40H,3-5H2,1-2H3;;;;;;;;;;/t6?,7?,8?,9-,10?,11?,12+,13?,14+,15-,16+,17+,18?,19+,20+,21+,22-,23+,24?,25+,26?;;;;;;;;;;/m1........../s1. The molecule has 59 heavy (non-hydrogen) atoms. The molecule has 10 N–H and O–H groups in total. The van der Waals surface area contributed by atoms with E-state index in [9.17, 15) is 66.7 Å². The minimum atomic E-state index is -2.46. The number of ether oxygens (including phenoxy) is 6. The van der Waals surface area contributed by atoms with E-state index in [1.807, 2.05) is 0 Å². The Balaban J connectivity index is -0.000000702. The van der Waals surface area contributed by atoms with Crippen LogP contribution in [0.1, 0.15) is 20.3 Å². The van der Waals surface area contributed by atoms with E-state index in [1.54, 1.807) is 0 Å². The quantitative estimate of drug-likeness (QED) is 0.0321. The van der Waals surface area contributed by atoms with Crippen LogP contribution in [0.15, 0.2) is 5.11 Å². The molecule has 33 heteroatoms. The van der Waals surface area contributed by atoms with Gasteiger partial charge in [-0.05, 0) is 12.5 Å². The molecule has 5 rings (SSSR count). The number of hydrogen-bond acceptors (Lipinski definition) is 20. The predicted octanol–water partition coefficient (Wildman–Crippen LogP) is -5.50. The molecule has 4 aliphatic heterocycles. The smallest absolute Gasteiger partial charge is 0.297 e. The van der Waals surface area contributed by atoms with Gasteiger partial charge in [0.2, 0.25) is 12.1 Å². The van der Waals surface area contributed by atoms with Gasteiger partial charge in [-0.3, -0.25) is 4.84 Å². The van der Waals surface area contributed by atoms with Gasteiger partial charge in [0.15, 0.2) is 6.29 Å². The van der Waals surface area contributed by atoms with Crippen LogP contribution in [0, 0.1) is 463 Å². The van der Waals surface area contributed by atoms with E-state index in [1.165, 1.54) is 13.8 Å². The Kier molecular flexibility index (Phi) is 54.3. The third-order valence-corrected chi connectivity index (χ3v) is 10.1. The minimum Gasteiger partial charge on any atom is -0.394 e. The van der Waals surface area contributed by atoms with Crippen molar-refractivity contribution in [1.29, 1.82) is 0 Å². The molecular weight excluding hydrogens is 2940 g/mol. The summed E-state index contributed by atoms with van der Waals surface area (Å²) in [6, 6.07) is -1.62. The molecule has 21 atom stereocenters. The molecule has 0 aromatic carbocycles. The van der Waals surface area contributed by atoms with E-state index < -0.39 is 146 Å². The molecule has 0 amide bonds. The summed E-state index contributed by atoms with van der Waals surface area (Å²) in [5.41, 5.74) is 9.23. The molecule has 4 saturated heterocycles. The van der Waals surface area contributed by atoms with Gasteiger partial charge in [-0.25, -0.2) is 0 Å². The molecule has 0 spiro atoms. The molecule has 23 nitrogen and oxygen atoms in total. The van der Waals surface area contributed by atoms with Gasteiger partial charge in [0.1, 0.15) is 61.0 Å². The van der Waals surface area contributed by atoms with E-state index in [2.05, 4.69) is 14.9 Å². The Bertz CT molecular complexity index is 1260. The average molecular weight is 2980 g/mol. The number of rotatable bonds is 10. The second-order valence-electron chi connectivity index (χ2n) is 12.9. The fourth-order valence-electron chi connectivity index (χ4n) is 7.30. The summed E-state index contributed by atoms with van der Waals surface area (Å²) in [5.74, 6) is -4.74. The SMILES string of the molecule is CC1O[C@H](C2(O[C@@H]3OC(CO)[C@H](O)[C@H](O)[C@H]3O[C@@H]3CC(O)[C@H](O)[C@@H](O)C3C)O[C@@H]3C(N=[N+]=[N-])C(O[N+](=O)[O-])OC(CO)[C@@H]32)[C@@H](O)C(O)[C@@H]1O.[Ac].[Ac].[Ac].[Ac].[Ac].[Ac].[Ac].[Ac].[Ac].[Ac]. The maximum absolute atomic E-state index is 11.2. The van der Waals surface area contributed by atoms with Crippen molar-refractivity contribution in [2.75, 3.05) is 13.2 Å². The Labute approximate surface area is 697 Å². The predicted molar refractivity (Wildman–Crippen MR) is 150 cm³/mol. The van der Waals surface area contributed by atoms with Gasteiger partial charge < -0.3 is 79.5 Å². The Hall–Kier alpha value is 12.3. The van der Waals surface area contributed by atoms with Gasteiger partial charge in [-0.1, -0.05) is 12.0 Å². The zero-order valence-electron chi connectivity index (χ0n) is 31.9. The van der Waals surface area contributed by atoms with Crippen molar-refractivity contribution in [3.05, 3.63) is 20.6 Å². The number of aliphatic hydroxyl groups excluding tert-OH is 10. The van der Waals surface area contributed by atoms with E-state index in [-0.39, 0.29) is 447 Å². The fourth-order valence-corrected chi connectivity index (χ4v) is 7.30. The Morgan fingerprint density at radius 3 is 1.80 bits per heavy atom. The van der Waals surface area contributed by atoms with Crippen LogP contribution in [0.5, 0.6) is 0 Å². The first-order valence-corrected chi connectivity index (χ1v) is 15.6. The van der Waals surface area contributed by atoms with E-state index in [0.29, 0.717) is 0 Å². The topological polar surface area (TPSA) is 359 Å². The third kappa shape index (κ3) is 19.6. The summed E-state index contributed by atoms with van der Waals surface area (Å²) in [7, 11) is 0. The van der Waals surface area contributed by atoms with Crippen LogP contribution < -0.4 is 0 Å².